The topological polar surface area (TPSA) is 51.4 Å². The molecule has 0 saturated carbocycles. The normalized spacial score (nSPS) is 15.5. The van der Waals surface area contributed by atoms with E-state index in [1.807, 2.05) is 91.0 Å². The summed E-state index contributed by atoms with van der Waals surface area (Å²) in [5, 5.41) is 8.49. The molecule has 0 spiro atoms. The van der Waals surface area contributed by atoms with Crippen molar-refractivity contribution in [2.45, 2.75) is 0 Å². The lowest BCUT2D eigenvalue weighted by Crippen LogP contribution is -2.18. The molecule has 0 saturated heterocycles. The van der Waals surface area contributed by atoms with E-state index in [0.29, 0.717) is 24.1 Å². The summed E-state index contributed by atoms with van der Waals surface area (Å²) in [7, 11) is 0. The molecule has 0 atom stereocenters. The lowest BCUT2D eigenvalue weighted by Gasteiger charge is -2.26. The van der Waals surface area contributed by atoms with Crippen molar-refractivity contribution in [1.29, 1.82) is 0 Å². The maximum Gasteiger partial charge on any atom is 0.248 e. The minimum absolute atomic E-state index is 0.475. The summed E-state index contributed by atoms with van der Waals surface area (Å²) in [5.41, 5.74) is 3.67. The van der Waals surface area contributed by atoms with E-state index >= 15 is 0 Å². The quantitative estimate of drug-likeness (QED) is 0.376. The molecule has 3 aromatic carbocycles. The van der Waals surface area contributed by atoms with Crippen molar-refractivity contribution >= 4 is 11.4 Å². The molecule has 5 rings (SSSR count). The Labute approximate surface area is 186 Å². The first-order valence-electron chi connectivity index (χ1n) is 10.3. The van der Waals surface area contributed by atoms with Crippen LogP contribution in [0.5, 0.6) is 5.75 Å². The molecule has 0 fully saturated rings. The summed E-state index contributed by atoms with van der Waals surface area (Å²) in [6, 6.07) is 25.7. The molecule has 0 radical (unpaired) electrons. The number of allylic oxidation sites excluding steroid dienone is 3. The van der Waals surface area contributed by atoms with Crippen LogP contribution in [0.25, 0.3) is 22.9 Å². The predicted octanol–water partition coefficient (Wildman–Crippen LogP) is 6.56. The van der Waals surface area contributed by atoms with Crippen LogP contribution in [-0.2, 0) is 0 Å². The molecule has 1 aliphatic rings. The second kappa shape index (κ2) is 8.78. The zero-order valence-electron chi connectivity index (χ0n) is 17.4. The van der Waals surface area contributed by atoms with E-state index in [4.69, 9.17) is 9.15 Å². The zero-order chi connectivity index (χ0) is 21.8. The van der Waals surface area contributed by atoms with Crippen LogP contribution in [-0.4, -0.2) is 16.7 Å². The molecule has 1 aliphatic heterocycles. The first-order chi connectivity index (χ1) is 15.8. The van der Waals surface area contributed by atoms with Crippen molar-refractivity contribution < 1.29 is 9.15 Å². The van der Waals surface area contributed by atoms with Crippen molar-refractivity contribution in [1.82, 2.24) is 10.2 Å². The average Bonchev–Trinajstić information content (AvgIpc) is 3.33. The van der Waals surface area contributed by atoms with Crippen LogP contribution < -0.4 is 9.64 Å². The van der Waals surface area contributed by atoms with E-state index in [9.17, 15) is 0 Å². The highest BCUT2D eigenvalue weighted by Gasteiger charge is 2.17. The molecular weight excluding hydrogens is 398 g/mol. The average molecular weight is 419 g/mol. The number of hydrogen-bond donors (Lipinski definition) is 0. The Morgan fingerprint density at radius 2 is 1.53 bits per heavy atom. The summed E-state index contributed by atoms with van der Waals surface area (Å²) in [4.78, 5) is 2.18. The fourth-order valence-corrected chi connectivity index (χ4v) is 3.54. The van der Waals surface area contributed by atoms with Gasteiger partial charge in [0.1, 0.15) is 5.76 Å². The molecule has 2 heterocycles. The zero-order valence-corrected chi connectivity index (χ0v) is 17.4. The Morgan fingerprint density at radius 1 is 0.781 bits per heavy atom. The molecule has 0 aliphatic carbocycles. The van der Waals surface area contributed by atoms with Gasteiger partial charge in [0.05, 0.1) is 5.69 Å². The second-order valence-corrected chi connectivity index (χ2v) is 7.26. The fraction of sp³-hybridized carbons (Fsp3) is 0.0370. The molecule has 0 N–H and O–H groups in total. The smallest absolute Gasteiger partial charge is 0.248 e. The van der Waals surface area contributed by atoms with Crippen molar-refractivity contribution in [2.75, 3.05) is 11.4 Å². The molecule has 0 amide bonds. The monoisotopic (exact) mass is 419 g/mol. The number of ether oxygens (including phenoxy) is 1. The molecule has 32 heavy (non-hydrogen) atoms. The lowest BCUT2D eigenvalue weighted by atomic mass is 10.1. The number of aromatic nitrogens is 2. The lowest BCUT2D eigenvalue weighted by molar-refractivity contribution is 0.447. The molecule has 1 aromatic heterocycles. The van der Waals surface area contributed by atoms with Crippen molar-refractivity contribution in [3.05, 3.63) is 116 Å². The standard InChI is InChI=1S/C27H21N3O2/c1-20-11-4-3-9-18-30(24-16-7-8-17-25(24)31-20)23-15-10-14-22(19-23)27-29-28-26(32-27)21-12-5-2-6-13-21/h2-17,19H,1,18H2/b9-3-,11-4-. The summed E-state index contributed by atoms with van der Waals surface area (Å²) in [6.45, 7) is 4.64. The van der Waals surface area contributed by atoms with Gasteiger partial charge in [-0.2, -0.15) is 0 Å². The van der Waals surface area contributed by atoms with Gasteiger partial charge in [-0.15, -0.1) is 10.2 Å². The van der Waals surface area contributed by atoms with Crippen LogP contribution in [0, 0.1) is 0 Å². The van der Waals surface area contributed by atoms with Gasteiger partial charge in [-0.25, -0.2) is 0 Å². The predicted molar refractivity (Wildman–Crippen MR) is 127 cm³/mol. The largest absolute Gasteiger partial charge is 0.456 e. The second-order valence-electron chi connectivity index (χ2n) is 7.26. The number of rotatable bonds is 3. The SMILES string of the molecule is C=C1/C=C\C=C/CN(c2cccc(-c3nnc(-c4ccccc4)o3)c2)c2ccccc2O1. The number of benzene rings is 3. The highest BCUT2D eigenvalue weighted by molar-refractivity contribution is 5.73. The highest BCUT2D eigenvalue weighted by atomic mass is 16.5. The summed E-state index contributed by atoms with van der Waals surface area (Å²) in [5.74, 6) is 2.30. The third kappa shape index (κ3) is 4.09. The third-order valence-corrected chi connectivity index (χ3v) is 5.06. The van der Waals surface area contributed by atoms with Gasteiger partial charge in [0.2, 0.25) is 11.8 Å². The van der Waals surface area contributed by atoms with Gasteiger partial charge in [0.15, 0.2) is 5.75 Å². The van der Waals surface area contributed by atoms with Gasteiger partial charge in [0.25, 0.3) is 0 Å². The van der Waals surface area contributed by atoms with Gasteiger partial charge in [-0.05, 0) is 48.5 Å². The Bertz CT molecular complexity index is 1310. The fourth-order valence-electron chi connectivity index (χ4n) is 3.54. The molecule has 156 valence electrons. The van der Waals surface area contributed by atoms with Crippen LogP contribution >= 0.6 is 0 Å². The van der Waals surface area contributed by atoms with Crippen LogP contribution in [0.3, 0.4) is 0 Å². The van der Waals surface area contributed by atoms with Crippen molar-refractivity contribution in [3.8, 4) is 28.7 Å². The minimum atomic E-state index is 0.475. The summed E-state index contributed by atoms with van der Waals surface area (Å²) >= 11 is 0. The number of anilines is 2. The molecular formula is C27H21N3O2. The van der Waals surface area contributed by atoms with E-state index in [2.05, 4.69) is 33.8 Å². The van der Waals surface area contributed by atoms with Gasteiger partial charge >= 0.3 is 0 Å². The Hall–Kier alpha value is -4.38. The van der Waals surface area contributed by atoms with E-state index < -0.39 is 0 Å². The maximum atomic E-state index is 5.99. The number of nitrogens with zero attached hydrogens (tertiary/aromatic N) is 3. The van der Waals surface area contributed by atoms with Crippen LogP contribution in [0.2, 0.25) is 0 Å². The van der Waals surface area contributed by atoms with Crippen molar-refractivity contribution in [3.63, 3.8) is 0 Å². The van der Waals surface area contributed by atoms with Crippen LogP contribution in [0.4, 0.5) is 11.4 Å². The van der Waals surface area contributed by atoms with Gasteiger partial charge in [0, 0.05) is 23.4 Å². The Balaban J connectivity index is 1.53. The molecule has 0 bridgehead atoms. The summed E-state index contributed by atoms with van der Waals surface area (Å²) in [6.07, 6.45) is 7.86. The maximum absolute atomic E-state index is 5.99. The first-order valence-corrected chi connectivity index (χ1v) is 10.3. The molecule has 5 heteroatoms. The molecule has 5 nitrogen and oxygen atoms in total. The van der Waals surface area contributed by atoms with Crippen LogP contribution in [0.15, 0.2) is 120 Å². The number of para-hydroxylation sites is 2. The number of hydrogen-bond acceptors (Lipinski definition) is 5. The van der Waals surface area contributed by atoms with E-state index in [-0.39, 0.29) is 0 Å². The van der Waals surface area contributed by atoms with Gasteiger partial charge in [-0.3, -0.25) is 0 Å². The molecule has 4 aromatic rings. The van der Waals surface area contributed by atoms with Gasteiger partial charge < -0.3 is 14.1 Å². The highest BCUT2D eigenvalue weighted by Crippen LogP contribution is 2.36. The first kappa shape index (κ1) is 19.6. The van der Waals surface area contributed by atoms with E-state index in [1.165, 1.54) is 0 Å². The third-order valence-electron chi connectivity index (χ3n) is 5.06. The Morgan fingerprint density at radius 3 is 2.41 bits per heavy atom. The van der Waals surface area contributed by atoms with Crippen LogP contribution in [0.1, 0.15) is 0 Å². The minimum Gasteiger partial charge on any atom is -0.456 e. The number of fused-ring (bicyclic) bond motifs is 1. The van der Waals surface area contributed by atoms with Crippen molar-refractivity contribution in [2.24, 2.45) is 0 Å². The molecule has 0 unspecified atom stereocenters. The van der Waals surface area contributed by atoms with Gasteiger partial charge in [-0.1, -0.05) is 61.2 Å². The Kier molecular flexibility index (Phi) is 5.37. The van der Waals surface area contributed by atoms with E-state index in [0.717, 1.165) is 28.3 Å². The summed E-state index contributed by atoms with van der Waals surface area (Å²) < 4.78 is 12.0. The van der Waals surface area contributed by atoms with E-state index in [1.54, 1.807) is 0 Å².